The molecule has 1 saturated heterocycles. The highest BCUT2D eigenvalue weighted by molar-refractivity contribution is 7.94. The van der Waals surface area contributed by atoms with E-state index in [9.17, 15) is 9.00 Å². The molecule has 1 atom stereocenters. The van der Waals surface area contributed by atoms with Gasteiger partial charge in [-0.1, -0.05) is 18.7 Å². The van der Waals surface area contributed by atoms with Crippen LogP contribution in [-0.4, -0.2) is 42.2 Å². The predicted molar refractivity (Wildman–Crippen MR) is 147 cm³/mol. The second-order valence-corrected chi connectivity index (χ2v) is 12.2. The molecule has 1 aromatic carbocycles. The number of nitrogens with zero attached hydrogens (tertiary/aromatic N) is 4. The molecule has 1 fully saturated rings. The lowest BCUT2D eigenvalue weighted by Crippen LogP contribution is -2.26. The molecule has 0 spiro atoms. The summed E-state index contributed by atoms with van der Waals surface area (Å²) in [5, 5.41) is 3.47. The Labute approximate surface area is 215 Å². The van der Waals surface area contributed by atoms with Crippen molar-refractivity contribution in [3.8, 4) is 11.3 Å². The van der Waals surface area contributed by atoms with Crippen molar-refractivity contribution >= 4 is 43.7 Å². The molecule has 1 aliphatic carbocycles. The lowest BCUT2D eigenvalue weighted by Gasteiger charge is -2.23. The molecule has 1 unspecified atom stereocenters. The Balaban J connectivity index is 1.64. The summed E-state index contributed by atoms with van der Waals surface area (Å²) < 4.78 is 34.2. The van der Waals surface area contributed by atoms with Crippen LogP contribution in [0.15, 0.2) is 59.0 Å². The number of anilines is 2. The third-order valence-electron chi connectivity index (χ3n) is 6.83. The van der Waals surface area contributed by atoms with Crippen molar-refractivity contribution in [2.75, 3.05) is 22.6 Å². The summed E-state index contributed by atoms with van der Waals surface area (Å²) in [7, 11) is -0.399. The maximum absolute atomic E-state index is 15.3. The number of benzene rings is 1. The van der Waals surface area contributed by atoms with E-state index in [-0.39, 0.29) is 5.91 Å². The summed E-state index contributed by atoms with van der Waals surface area (Å²) in [5.41, 5.74) is 11.9. The quantitative estimate of drug-likeness (QED) is 0.463. The molecule has 2 aliphatic rings. The maximum Gasteiger partial charge on any atom is 0.250 e. The Bertz CT molecular complexity index is 1650. The Hall–Kier alpha value is -3.79. The van der Waals surface area contributed by atoms with Crippen molar-refractivity contribution in [1.82, 2.24) is 14.5 Å². The normalized spacial score (nSPS) is 18.5. The Kier molecular flexibility index (Phi) is 6.23. The fraction of sp³-hybridized carbons (Fsp3) is 0.296. The van der Waals surface area contributed by atoms with E-state index in [1.54, 1.807) is 6.92 Å². The Morgan fingerprint density at radius 2 is 2.08 bits per heavy atom. The molecule has 0 radical (unpaired) electrons. The third-order valence-corrected chi connectivity index (χ3v) is 9.32. The van der Waals surface area contributed by atoms with Gasteiger partial charge in [0.2, 0.25) is 0 Å². The van der Waals surface area contributed by atoms with Crippen LogP contribution in [0.2, 0.25) is 0 Å². The first-order valence-corrected chi connectivity index (χ1v) is 13.9. The second-order valence-electron chi connectivity index (χ2n) is 9.58. The molecule has 192 valence electrons. The predicted octanol–water partition coefficient (Wildman–Crippen LogP) is 4.92. The van der Waals surface area contributed by atoms with Crippen LogP contribution < -0.4 is 11.1 Å². The zero-order chi connectivity index (χ0) is 26.5. The highest BCUT2D eigenvalue weighted by Crippen LogP contribution is 2.43. The van der Waals surface area contributed by atoms with Crippen molar-refractivity contribution in [3.05, 3.63) is 65.8 Å². The number of aromatic nitrogens is 3. The Morgan fingerprint density at radius 1 is 1.32 bits per heavy atom. The largest absolute Gasteiger partial charge is 0.383 e. The first-order valence-electron chi connectivity index (χ1n) is 12.0. The number of rotatable bonds is 5. The lowest BCUT2D eigenvalue weighted by atomic mass is 9.91. The van der Waals surface area contributed by atoms with Gasteiger partial charge < -0.3 is 15.6 Å². The van der Waals surface area contributed by atoms with Gasteiger partial charge in [0.15, 0.2) is 0 Å². The van der Waals surface area contributed by atoms with Gasteiger partial charge in [-0.15, -0.1) is 0 Å². The zero-order valence-electron chi connectivity index (χ0n) is 21.0. The molecule has 1 aliphatic heterocycles. The first kappa shape index (κ1) is 24.9. The number of carbonyl (C=O) groups is 1. The van der Waals surface area contributed by atoms with Gasteiger partial charge in [-0.2, -0.15) is 0 Å². The summed E-state index contributed by atoms with van der Waals surface area (Å²) in [6.45, 7) is 7.27. The molecular formula is C27H29FN6O2S. The van der Waals surface area contributed by atoms with Crippen LogP contribution in [0.5, 0.6) is 0 Å². The first-order chi connectivity index (χ1) is 17.6. The molecule has 5 rings (SSSR count). The van der Waals surface area contributed by atoms with Crippen molar-refractivity contribution < 1.29 is 13.4 Å². The Morgan fingerprint density at radius 3 is 2.70 bits per heavy atom. The summed E-state index contributed by atoms with van der Waals surface area (Å²) in [6.07, 6.45) is 5.96. The van der Waals surface area contributed by atoms with Gasteiger partial charge in [-0.25, -0.2) is 22.9 Å². The van der Waals surface area contributed by atoms with E-state index in [1.165, 1.54) is 12.4 Å². The highest BCUT2D eigenvalue weighted by atomic mass is 32.2. The van der Waals surface area contributed by atoms with E-state index in [4.69, 9.17) is 5.73 Å². The molecule has 3 aromatic rings. The maximum atomic E-state index is 15.3. The number of hydrogen-bond donors (Lipinski definition) is 2. The molecular weight excluding hydrogens is 491 g/mol. The number of amides is 1. The van der Waals surface area contributed by atoms with Crippen LogP contribution in [0.3, 0.4) is 0 Å². The van der Waals surface area contributed by atoms with Crippen molar-refractivity contribution in [1.29, 1.82) is 0 Å². The topological polar surface area (TPSA) is 115 Å². The number of nitrogens with two attached hydrogens (primary N) is 1. The second kappa shape index (κ2) is 9.26. The monoisotopic (exact) mass is 520 g/mol. The third kappa shape index (κ3) is 4.46. The number of allylic oxidation sites excluding steroid dienone is 2. The smallest absolute Gasteiger partial charge is 0.250 e. The van der Waals surface area contributed by atoms with Gasteiger partial charge in [0.05, 0.1) is 11.1 Å². The van der Waals surface area contributed by atoms with E-state index >= 15 is 4.39 Å². The molecule has 1 amide bonds. The molecule has 8 nitrogen and oxygen atoms in total. The minimum atomic E-state index is -2.28. The number of carbonyl (C=O) groups excluding carboxylic acids is 1. The van der Waals surface area contributed by atoms with Crippen molar-refractivity contribution in [3.63, 3.8) is 0 Å². The number of hydrogen-bond acceptors (Lipinski definition) is 6. The van der Waals surface area contributed by atoms with Gasteiger partial charge >= 0.3 is 0 Å². The number of fused-ring (bicyclic) bond motifs is 1. The summed E-state index contributed by atoms with van der Waals surface area (Å²) >= 11 is 0. The molecule has 0 saturated carbocycles. The lowest BCUT2D eigenvalue weighted by molar-refractivity contribution is -0.112. The molecule has 0 bridgehead atoms. The molecule has 3 heterocycles. The van der Waals surface area contributed by atoms with Crippen molar-refractivity contribution in [2.24, 2.45) is 11.4 Å². The highest BCUT2D eigenvalue weighted by Gasteiger charge is 2.29. The van der Waals surface area contributed by atoms with Crippen LogP contribution in [0, 0.1) is 6.92 Å². The van der Waals surface area contributed by atoms with Gasteiger partial charge in [-0.05, 0) is 56.0 Å². The van der Waals surface area contributed by atoms with Gasteiger partial charge in [0, 0.05) is 50.7 Å². The van der Waals surface area contributed by atoms with E-state index < -0.39 is 21.6 Å². The molecule has 3 N–H and O–H groups in total. The molecule has 10 heteroatoms. The van der Waals surface area contributed by atoms with Crippen LogP contribution in [0.4, 0.5) is 15.9 Å². The fourth-order valence-corrected chi connectivity index (χ4v) is 6.41. The molecule has 2 aromatic heterocycles. The fourth-order valence-electron chi connectivity index (χ4n) is 4.77. The summed E-state index contributed by atoms with van der Waals surface area (Å²) in [4.78, 5) is 20.8. The van der Waals surface area contributed by atoms with Gasteiger partial charge in [0.25, 0.3) is 5.91 Å². The van der Waals surface area contributed by atoms with E-state index in [0.717, 1.165) is 28.8 Å². The zero-order valence-corrected chi connectivity index (χ0v) is 21.9. The van der Waals surface area contributed by atoms with Crippen LogP contribution in [0.25, 0.3) is 27.9 Å². The summed E-state index contributed by atoms with van der Waals surface area (Å²) in [5.74, 6) is 0.703. The average Bonchev–Trinajstić information content (AvgIpc) is 3.13. The van der Waals surface area contributed by atoms with Crippen LogP contribution >= 0.6 is 0 Å². The van der Waals surface area contributed by atoms with Crippen LogP contribution in [0.1, 0.15) is 30.9 Å². The molecule has 37 heavy (non-hydrogen) atoms. The SMILES string of the molecule is C=C(C)C(=O)Nc1ccc(-c2c(C3=CCC(N=S4(=O)CCC4)C(F)=C3)c3c(N)ncnc3n2C)c(C)c1. The minimum absolute atomic E-state index is 0.253. The van der Waals surface area contributed by atoms with Crippen molar-refractivity contribution in [2.45, 2.75) is 32.7 Å². The average molecular weight is 521 g/mol. The summed E-state index contributed by atoms with van der Waals surface area (Å²) in [6, 6.07) is 4.87. The standard InChI is InChI=1S/C27H29FN6O2S/c1-15(2)27(35)32-18-7-8-19(16(3)12-18)24-22(23-25(29)30-14-31-26(23)34(24)4)17-6-9-21(20(28)13-17)33-37(36)10-5-11-37/h6-8,12-14,21H,1,5,9-11H2,2-4H3,(H,32,35)(H2,29,30,31). The number of nitrogen functional groups attached to an aromatic ring is 1. The minimum Gasteiger partial charge on any atom is -0.383 e. The van der Waals surface area contributed by atoms with E-state index in [2.05, 4.69) is 26.2 Å². The van der Waals surface area contributed by atoms with E-state index in [0.29, 0.717) is 51.6 Å². The van der Waals surface area contributed by atoms with Gasteiger partial charge in [-0.3, -0.25) is 4.79 Å². The van der Waals surface area contributed by atoms with Crippen LogP contribution in [-0.2, 0) is 21.6 Å². The number of aryl methyl sites for hydroxylation is 2. The number of halogens is 1. The van der Waals surface area contributed by atoms with E-state index in [1.807, 2.05) is 42.8 Å². The van der Waals surface area contributed by atoms with Gasteiger partial charge in [0.1, 0.15) is 29.7 Å². The number of nitrogens with one attached hydrogen (secondary N) is 1.